The highest BCUT2D eigenvalue weighted by atomic mass is 32.2. The second-order valence-corrected chi connectivity index (χ2v) is 5.07. The van der Waals surface area contributed by atoms with Crippen LogP contribution in [-0.2, 0) is 10.0 Å². The molecule has 0 amide bonds. The maximum atomic E-state index is 11.7. The molecule has 0 atom stereocenters. The van der Waals surface area contributed by atoms with E-state index in [4.69, 9.17) is 11.0 Å². The summed E-state index contributed by atoms with van der Waals surface area (Å²) < 4.78 is 24.6. The van der Waals surface area contributed by atoms with Gasteiger partial charge in [-0.3, -0.25) is 4.31 Å². The summed E-state index contributed by atoms with van der Waals surface area (Å²) in [5, 5.41) is 8.47. The van der Waals surface area contributed by atoms with E-state index < -0.39 is 15.8 Å². The van der Waals surface area contributed by atoms with E-state index in [9.17, 15) is 8.42 Å². The minimum absolute atomic E-state index is 0.271. The zero-order valence-electron chi connectivity index (χ0n) is 8.92. The van der Waals surface area contributed by atoms with Crippen molar-refractivity contribution in [3.8, 4) is 6.07 Å². The van der Waals surface area contributed by atoms with Crippen LogP contribution in [0.25, 0.3) is 0 Å². The van der Waals surface area contributed by atoms with Crippen molar-refractivity contribution in [1.29, 1.82) is 5.26 Å². The summed E-state index contributed by atoms with van der Waals surface area (Å²) in [6, 6.07) is 8.21. The predicted octanol–water partition coefficient (Wildman–Crippen LogP) is 0.948. The van der Waals surface area contributed by atoms with E-state index in [0.29, 0.717) is 11.4 Å². The van der Waals surface area contributed by atoms with Gasteiger partial charge >= 0.3 is 0 Å². The molecule has 0 saturated carbocycles. The van der Waals surface area contributed by atoms with Crippen LogP contribution >= 0.6 is 0 Å². The van der Waals surface area contributed by atoms with Crippen molar-refractivity contribution < 1.29 is 8.42 Å². The first-order valence-electron chi connectivity index (χ1n) is 4.74. The third-order valence-corrected chi connectivity index (χ3v) is 3.66. The molecule has 6 heteroatoms. The van der Waals surface area contributed by atoms with E-state index >= 15 is 0 Å². The molecule has 0 saturated heterocycles. The van der Waals surface area contributed by atoms with Crippen molar-refractivity contribution in [3.63, 3.8) is 0 Å². The van der Waals surface area contributed by atoms with Crippen LogP contribution < -0.4 is 10.0 Å². The fourth-order valence-electron chi connectivity index (χ4n) is 1.38. The van der Waals surface area contributed by atoms with Gasteiger partial charge in [0, 0.05) is 12.2 Å². The minimum Gasteiger partial charge on any atom is -0.399 e. The molecular formula is C10H13N3O2S. The van der Waals surface area contributed by atoms with Gasteiger partial charge in [-0.25, -0.2) is 8.42 Å². The summed E-state index contributed by atoms with van der Waals surface area (Å²) in [6.45, 7) is 1.98. The van der Waals surface area contributed by atoms with Gasteiger partial charge in [0.15, 0.2) is 5.75 Å². The molecule has 0 aromatic heterocycles. The topological polar surface area (TPSA) is 87.2 Å². The summed E-state index contributed by atoms with van der Waals surface area (Å²) in [7, 11) is -3.58. The molecule has 0 aliphatic heterocycles. The Morgan fingerprint density at radius 2 is 2.19 bits per heavy atom. The lowest BCUT2D eigenvalue weighted by molar-refractivity contribution is 0.595. The molecule has 0 aliphatic carbocycles. The number of nitrogen functional groups attached to an aromatic ring is 1. The van der Waals surface area contributed by atoms with Gasteiger partial charge in [-0.1, -0.05) is 6.07 Å². The Hall–Kier alpha value is -1.74. The molecule has 1 aromatic rings. The van der Waals surface area contributed by atoms with Crippen LogP contribution in [0.1, 0.15) is 6.92 Å². The van der Waals surface area contributed by atoms with E-state index in [1.807, 2.05) is 0 Å². The van der Waals surface area contributed by atoms with Crippen LogP contribution in [0.3, 0.4) is 0 Å². The second-order valence-electron chi connectivity index (χ2n) is 3.17. The van der Waals surface area contributed by atoms with Crippen molar-refractivity contribution in [2.75, 3.05) is 22.3 Å². The highest BCUT2D eigenvalue weighted by Gasteiger charge is 2.20. The number of nitriles is 1. The summed E-state index contributed by atoms with van der Waals surface area (Å²) in [4.78, 5) is 0. The third kappa shape index (κ3) is 2.64. The molecular weight excluding hydrogens is 226 g/mol. The van der Waals surface area contributed by atoms with Crippen LogP contribution in [0.5, 0.6) is 0 Å². The van der Waals surface area contributed by atoms with Crippen molar-refractivity contribution in [2.45, 2.75) is 6.92 Å². The number of benzene rings is 1. The number of rotatable bonds is 4. The van der Waals surface area contributed by atoms with Crippen molar-refractivity contribution in [1.82, 2.24) is 0 Å². The van der Waals surface area contributed by atoms with E-state index in [0.717, 1.165) is 0 Å². The SMILES string of the molecule is CCN(c1cccc(N)c1)S(=O)(=O)CC#N. The number of hydrogen-bond donors (Lipinski definition) is 1. The molecule has 0 fully saturated rings. The van der Waals surface area contributed by atoms with E-state index in [1.54, 1.807) is 37.3 Å². The lowest BCUT2D eigenvalue weighted by Crippen LogP contribution is -2.32. The van der Waals surface area contributed by atoms with Gasteiger partial charge in [-0.15, -0.1) is 0 Å². The van der Waals surface area contributed by atoms with Gasteiger partial charge in [0.25, 0.3) is 0 Å². The van der Waals surface area contributed by atoms with E-state index in [1.165, 1.54) is 4.31 Å². The monoisotopic (exact) mass is 239 g/mol. The van der Waals surface area contributed by atoms with Gasteiger partial charge in [0.2, 0.25) is 10.0 Å². The minimum atomic E-state index is -3.58. The maximum Gasteiger partial charge on any atom is 0.248 e. The molecule has 0 radical (unpaired) electrons. The average molecular weight is 239 g/mol. The fourth-order valence-corrected chi connectivity index (χ4v) is 2.53. The number of anilines is 2. The molecule has 0 unspecified atom stereocenters. The van der Waals surface area contributed by atoms with Gasteiger partial charge in [-0.05, 0) is 25.1 Å². The van der Waals surface area contributed by atoms with Crippen molar-refractivity contribution in [3.05, 3.63) is 24.3 Å². The van der Waals surface area contributed by atoms with Crippen LogP contribution in [0.2, 0.25) is 0 Å². The Morgan fingerprint density at radius 3 is 2.69 bits per heavy atom. The first kappa shape index (κ1) is 12.3. The molecule has 0 spiro atoms. The largest absolute Gasteiger partial charge is 0.399 e. The first-order valence-corrected chi connectivity index (χ1v) is 6.35. The summed E-state index contributed by atoms with van der Waals surface area (Å²) >= 11 is 0. The number of hydrogen-bond acceptors (Lipinski definition) is 4. The lowest BCUT2D eigenvalue weighted by atomic mass is 10.3. The Morgan fingerprint density at radius 1 is 1.50 bits per heavy atom. The van der Waals surface area contributed by atoms with Gasteiger partial charge in [0.05, 0.1) is 11.8 Å². The standard InChI is InChI=1S/C10H13N3O2S/c1-2-13(16(14,15)7-6-11)10-5-3-4-9(12)8-10/h3-5,8H,2,7,12H2,1H3. The smallest absolute Gasteiger partial charge is 0.248 e. The normalized spacial score (nSPS) is 10.8. The number of sulfonamides is 1. The zero-order chi connectivity index (χ0) is 12.2. The Bertz CT molecular complexity index is 505. The fraction of sp³-hybridized carbons (Fsp3) is 0.300. The summed E-state index contributed by atoms with van der Waals surface area (Å²) in [6.07, 6.45) is 0. The molecule has 1 rings (SSSR count). The highest BCUT2D eigenvalue weighted by Crippen LogP contribution is 2.20. The Labute approximate surface area is 95.1 Å². The lowest BCUT2D eigenvalue weighted by Gasteiger charge is -2.21. The van der Waals surface area contributed by atoms with E-state index in [-0.39, 0.29) is 6.54 Å². The first-order chi connectivity index (χ1) is 7.51. The maximum absolute atomic E-state index is 11.7. The summed E-state index contributed by atoms with van der Waals surface area (Å²) in [5.41, 5.74) is 6.55. The van der Waals surface area contributed by atoms with Gasteiger partial charge in [0.1, 0.15) is 0 Å². The second kappa shape index (κ2) is 4.86. The quantitative estimate of drug-likeness (QED) is 0.792. The van der Waals surface area contributed by atoms with Gasteiger partial charge in [-0.2, -0.15) is 5.26 Å². The van der Waals surface area contributed by atoms with Crippen LogP contribution in [0.15, 0.2) is 24.3 Å². The van der Waals surface area contributed by atoms with Gasteiger partial charge < -0.3 is 5.73 Å². The van der Waals surface area contributed by atoms with Crippen LogP contribution in [0.4, 0.5) is 11.4 Å². The Balaban J connectivity index is 3.14. The summed E-state index contributed by atoms with van der Waals surface area (Å²) in [5.74, 6) is -0.532. The molecule has 0 aliphatic rings. The zero-order valence-corrected chi connectivity index (χ0v) is 9.74. The molecule has 0 heterocycles. The van der Waals surface area contributed by atoms with Crippen molar-refractivity contribution >= 4 is 21.4 Å². The molecule has 16 heavy (non-hydrogen) atoms. The molecule has 86 valence electrons. The number of nitrogens with two attached hydrogens (primary N) is 1. The van der Waals surface area contributed by atoms with E-state index in [2.05, 4.69) is 0 Å². The van der Waals surface area contributed by atoms with Crippen molar-refractivity contribution in [2.24, 2.45) is 0 Å². The molecule has 2 N–H and O–H groups in total. The Kier molecular flexibility index (Phi) is 3.74. The van der Waals surface area contributed by atoms with Crippen LogP contribution in [0, 0.1) is 11.3 Å². The average Bonchev–Trinajstić information content (AvgIpc) is 2.18. The predicted molar refractivity (Wildman–Crippen MR) is 63.3 cm³/mol. The highest BCUT2D eigenvalue weighted by molar-refractivity contribution is 7.93. The molecule has 0 bridgehead atoms. The molecule has 1 aromatic carbocycles. The third-order valence-electron chi connectivity index (χ3n) is 2.03. The van der Waals surface area contributed by atoms with Crippen LogP contribution in [-0.4, -0.2) is 20.7 Å². The molecule has 5 nitrogen and oxygen atoms in total. The number of nitrogens with zero attached hydrogens (tertiary/aromatic N) is 2.